The Morgan fingerprint density at radius 2 is 2.05 bits per heavy atom. The van der Waals surface area contributed by atoms with Crippen molar-refractivity contribution in [3.63, 3.8) is 0 Å². The zero-order valence-corrected chi connectivity index (χ0v) is 11.0. The van der Waals surface area contributed by atoms with Crippen LogP contribution in [0, 0.1) is 11.8 Å². The largest absolute Gasteiger partial charge is 0.398 e. The van der Waals surface area contributed by atoms with Crippen molar-refractivity contribution in [1.82, 2.24) is 4.98 Å². The summed E-state index contributed by atoms with van der Waals surface area (Å²) in [4.78, 5) is 4.18. The van der Waals surface area contributed by atoms with Crippen molar-refractivity contribution in [2.45, 2.75) is 31.7 Å². The highest BCUT2D eigenvalue weighted by Gasteiger charge is 2.39. The van der Waals surface area contributed by atoms with E-state index in [0.717, 1.165) is 22.9 Å². The lowest BCUT2D eigenvalue weighted by Gasteiger charge is -2.25. The van der Waals surface area contributed by atoms with Crippen LogP contribution in [0.2, 0.25) is 0 Å². The van der Waals surface area contributed by atoms with Crippen LogP contribution >= 0.6 is 0 Å². The van der Waals surface area contributed by atoms with E-state index in [9.17, 15) is 0 Å². The van der Waals surface area contributed by atoms with E-state index in [1.165, 1.54) is 36.8 Å². The first-order chi connectivity index (χ1) is 9.31. The molecule has 2 aliphatic rings. The SMILES string of the molecule is Nc1ccc(NC2CC3CCC2C3)c2ccncc12. The average molecular weight is 253 g/mol. The van der Waals surface area contributed by atoms with Gasteiger partial charge >= 0.3 is 0 Å². The Morgan fingerprint density at radius 1 is 1.11 bits per heavy atom. The third-order valence-electron chi connectivity index (χ3n) is 4.93. The van der Waals surface area contributed by atoms with Crippen molar-refractivity contribution < 1.29 is 0 Å². The minimum atomic E-state index is 0.652. The lowest BCUT2D eigenvalue weighted by Crippen LogP contribution is -2.25. The van der Waals surface area contributed by atoms with Crippen LogP contribution in [0.3, 0.4) is 0 Å². The van der Waals surface area contributed by atoms with Gasteiger partial charge < -0.3 is 11.1 Å². The quantitative estimate of drug-likeness (QED) is 0.806. The van der Waals surface area contributed by atoms with E-state index in [2.05, 4.69) is 22.4 Å². The van der Waals surface area contributed by atoms with E-state index in [-0.39, 0.29) is 0 Å². The molecular weight excluding hydrogens is 234 g/mol. The smallest absolute Gasteiger partial charge is 0.0424 e. The molecular formula is C16H19N3. The number of nitrogen functional groups attached to an aromatic ring is 1. The number of anilines is 2. The number of nitrogens with zero attached hydrogens (tertiary/aromatic N) is 1. The van der Waals surface area contributed by atoms with Crippen molar-refractivity contribution >= 4 is 22.1 Å². The summed E-state index contributed by atoms with van der Waals surface area (Å²) in [7, 11) is 0. The second-order valence-corrected chi connectivity index (χ2v) is 6.05. The summed E-state index contributed by atoms with van der Waals surface area (Å²) in [5.74, 6) is 1.84. The maximum Gasteiger partial charge on any atom is 0.0424 e. The van der Waals surface area contributed by atoms with Crippen molar-refractivity contribution in [2.24, 2.45) is 11.8 Å². The van der Waals surface area contributed by atoms with Crippen molar-refractivity contribution in [2.75, 3.05) is 11.1 Å². The van der Waals surface area contributed by atoms with Gasteiger partial charge in [0.15, 0.2) is 0 Å². The maximum atomic E-state index is 6.03. The molecule has 4 rings (SSSR count). The number of hydrogen-bond acceptors (Lipinski definition) is 3. The highest BCUT2D eigenvalue weighted by atomic mass is 14.9. The van der Waals surface area contributed by atoms with Crippen LogP contribution in [0.25, 0.3) is 10.8 Å². The van der Waals surface area contributed by atoms with Crippen LogP contribution in [0.5, 0.6) is 0 Å². The fourth-order valence-corrected chi connectivity index (χ4v) is 3.96. The van der Waals surface area contributed by atoms with Crippen molar-refractivity contribution in [1.29, 1.82) is 0 Å². The molecule has 2 aliphatic carbocycles. The number of pyridine rings is 1. The second kappa shape index (κ2) is 4.12. The van der Waals surface area contributed by atoms with Gasteiger partial charge in [0, 0.05) is 40.6 Å². The lowest BCUT2D eigenvalue weighted by molar-refractivity contribution is 0.440. The molecule has 3 unspecified atom stereocenters. The number of hydrogen-bond donors (Lipinski definition) is 2. The Bertz CT molecular complexity index is 622. The van der Waals surface area contributed by atoms with Gasteiger partial charge in [0.1, 0.15) is 0 Å². The van der Waals surface area contributed by atoms with Crippen LogP contribution in [0.1, 0.15) is 25.7 Å². The molecule has 3 heteroatoms. The fourth-order valence-electron chi connectivity index (χ4n) is 3.96. The molecule has 2 fully saturated rings. The number of fused-ring (bicyclic) bond motifs is 3. The molecule has 1 aromatic heterocycles. The first kappa shape index (κ1) is 11.1. The van der Waals surface area contributed by atoms with Gasteiger partial charge in [0.05, 0.1) is 0 Å². The van der Waals surface area contributed by atoms with Gasteiger partial charge in [-0.3, -0.25) is 4.98 Å². The third kappa shape index (κ3) is 1.76. The molecule has 3 atom stereocenters. The number of nitrogens with one attached hydrogen (secondary N) is 1. The molecule has 2 saturated carbocycles. The van der Waals surface area contributed by atoms with Crippen LogP contribution in [-0.4, -0.2) is 11.0 Å². The Morgan fingerprint density at radius 3 is 2.84 bits per heavy atom. The van der Waals surface area contributed by atoms with Crippen LogP contribution in [0.4, 0.5) is 11.4 Å². The van der Waals surface area contributed by atoms with Gasteiger partial charge in [-0.25, -0.2) is 0 Å². The van der Waals surface area contributed by atoms with Gasteiger partial charge in [-0.15, -0.1) is 0 Å². The molecule has 0 spiro atoms. The summed E-state index contributed by atoms with van der Waals surface area (Å²) in [6.07, 6.45) is 9.30. The molecule has 2 aromatic rings. The second-order valence-electron chi connectivity index (χ2n) is 6.05. The number of nitrogens with two attached hydrogens (primary N) is 1. The normalized spacial score (nSPS) is 28.9. The summed E-state index contributed by atoms with van der Waals surface area (Å²) in [6.45, 7) is 0. The standard InChI is InChI=1S/C16H19N3/c17-14-3-4-15(12-5-6-18-9-13(12)14)19-16-8-10-1-2-11(16)7-10/h3-6,9-11,16,19H,1-2,7-8,17H2. The van der Waals surface area contributed by atoms with E-state index in [4.69, 9.17) is 5.73 Å². The Labute approximate surface area is 113 Å². The molecule has 0 amide bonds. The van der Waals surface area contributed by atoms with E-state index in [1.807, 2.05) is 18.5 Å². The molecule has 0 radical (unpaired) electrons. The monoisotopic (exact) mass is 253 g/mol. The third-order valence-corrected chi connectivity index (χ3v) is 4.93. The van der Waals surface area contributed by atoms with E-state index >= 15 is 0 Å². The summed E-state index contributed by atoms with van der Waals surface area (Å²) in [5.41, 5.74) is 8.05. The molecule has 1 heterocycles. The number of benzene rings is 1. The molecule has 1 aromatic carbocycles. The Balaban J connectivity index is 1.70. The molecule has 19 heavy (non-hydrogen) atoms. The predicted octanol–water partition coefficient (Wildman–Crippen LogP) is 3.42. The molecule has 0 saturated heterocycles. The molecule has 3 nitrogen and oxygen atoms in total. The first-order valence-corrected chi connectivity index (χ1v) is 7.20. The predicted molar refractivity (Wildman–Crippen MR) is 79.0 cm³/mol. The summed E-state index contributed by atoms with van der Waals surface area (Å²) < 4.78 is 0. The molecule has 98 valence electrons. The number of aromatic nitrogens is 1. The van der Waals surface area contributed by atoms with Gasteiger partial charge in [0.2, 0.25) is 0 Å². The molecule has 2 bridgehead atoms. The Hall–Kier alpha value is -1.77. The lowest BCUT2D eigenvalue weighted by atomic mass is 9.95. The van der Waals surface area contributed by atoms with Crippen LogP contribution < -0.4 is 11.1 Å². The molecule has 3 N–H and O–H groups in total. The average Bonchev–Trinajstić information content (AvgIpc) is 3.05. The van der Waals surface area contributed by atoms with Crippen molar-refractivity contribution in [3.8, 4) is 0 Å². The fraction of sp³-hybridized carbons (Fsp3) is 0.438. The Kier molecular flexibility index (Phi) is 2.40. The van der Waals surface area contributed by atoms with E-state index < -0.39 is 0 Å². The minimum absolute atomic E-state index is 0.652. The maximum absolute atomic E-state index is 6.03. The highest BCUT2D eigenvalue weighted by molar-refractivity contribution is 6.00. The van der Waals surface area contributed by atoms with Gasteiger partial charge in [-0.05, 0) is 49.3 Å². The first-order valence-electron chi connectivity index (χ1n) is 7.20. The van der Waals surface area contributed by atoms with Crippen LogP contribution in [0.15, 0.2) is 30.6 Å². The van der Waals surface area contributed by atoms with Crippen molar-refractivity contribution in [3.05, 3.63) is 30.6 Å². The van der Waals surface area contributed by atoms with Gasteiger partial charge in [-0.1, -0.05) is 6.42 Å². The highest BCUT2D eigenvalue weighted by Crippen LogP contribution is 2.46. The zero-order valence-electron chi connectivity index (χ0n) is 11.0. The zero-order chi connectivity index (χ0) is 12.8. The number of rotatable bonds is 2. The van der Waals surface area contributed by atoms with E-state index in [1.54, 1.807) is 0 Å². The minimum Gasteiger partial charge on any atom is -0.398 e. The molecule has 0 aliphatic heterocycles. The van der Waals surface area contributed by atoms with Gasteiger partial charge in [0.25, 0.3) is 0 Å². The van der Waals surface area contributed by atoms with Crippen LogP contribution in [-0.2, 0) is 0 Å². The summed E-state index contributed by atoms with van der Waals surface area (Å²) in [5, 5.41) is 6.00. The topological polar surface area (TPSA) is 50.9 Å². The van der Waals surface area contributed by atoms with Gasteiger partial charge in [-0.2, -0.15) is 0 Å². The summed E-state index contributed by atoms with van der Waals surface area (Å²) in [6, 6.07) is 6.81. The van der Waals surface area contributed by atoms with E-state index in [0.29, 0.717) is 6.04 Å². The summed E-state index contributed by atoms with van der Waals surface area (Å²) >= 11 is 0.